The molecule has 52 valence electrons. The van der Waals surface area contributed by atoms with Crippen LogP contribution in [0.5, 0.6) is 0 Å². The van der Waals surface area contributed by atoms with Crippen LogP contribution in [0.3, 0.4) is 0 Å². The lowest BCUT2D eigenvalue weighted by Crippen LogP contribution is -2.20. The maximum atomic E-state index is 10.5. The third-order valence-corrected chi connectivity index (χ3v) is 0.829. The number of carbonyl (C=O) groups excluding carboxylic acids is 1. The summed E-state index contributed by atoms with van der Waals surface area (Å²) in [6.07, 6.45) is 2.26. The Kier molecular flexibility index (Phi) is 1.86. The van der Waals surface area contributed by atoms with Gasteiger partial charge in [-0.25, -0.2) is 10.5 Å². The monoisotopic (exact) mass is 140 g/mol. The van der Waals surface area contributed by atoms with Crippen LogP contribution in [-0.2, 0) is 0 Å². The molecule has 0 bridgehead atoms. The first-order chi connectivity index (χ1) is 4.84. The summed E-state index contributed by atoms with van der Waals surface area (Å²) in [4.78, 5) is 14.0. The Morgan fingerprint density at radius 1 is 1.60 bits per heavy atom. The summed E-state index contributed by atoms with van der Waals surface area (Å²) >= 11 is 0. The van der Waals surface area contributed by atoms with Crippen LogP contribution >= 0.6 is 0 Å². The van der Waals surface area contributed by atoms with Crippen molar-refractivity contribution in [3.8, 4) is 0 Å². The summed E-state index contributed by atoms with van der Waals surface area (Å²) in [5.74, 6) is -0.699. The lowest BCUT2D eigenvalue weighted by molar-refractivity contribution is 0.0700. The molecule has 1 aromatic heterocycles. The first-order valence-corrected chi connectivity index (χ1v) is 2.41. The van der Waals surface area contributed by atoms with E-state index in [1.807, 2.05) is 0 Å². The molecule has 2 N–H and O–H groups in total. The third-order valence-electron chi connectivity index (χ3n) is 0.829. The standard InChI is InChI=1S/C4H4N4O2/c9-4(8-10)3-1-6-7-2-5-3/h1-2,10H,(H,8,9). The Bertz CT molecular complexity index is 224. The molecule has 0 unspecified atom stereocenters. The minimum Gasteiger partial charge on any atom is -0.288 e. The summed E-state index contributed by atoms with van der Waals surface area (Å²) in [6.45, 7) is 0. The van der Waals surface area contributed by atoms with Gasteiger partial charge >= 0.3 is 0 Å². The minimum absolute atomic E-state index is 0.0255. The predicted octanol–water partition coefficient (Wildman–Crippen LogP) is -1.01. The smallest absolute Gasteiger partial charge is 0.288 e. The molecule has 0 aliphatic carbocycles. The summed E-state index contributed by atoms with van der Waals surface area (Å²) in [6, 6.07) is 0. The van der Waals surface area contributed by atoms with Gasteiger partial charge in [-0.1, -0.05) is 0 Å². The summed E-state index contributed by atoms with van der Waals surface area (Å²) < 4.78 is 0. The fraction of sp³-hybridized carbons (Fsp3) is 0. The highest BCUT2D eigenvalue weighted by molar-refractivity contribution is 5.90. The van der Waals surface area contributed by atoms with Crippen molar-refractivity contribution in [2.24, 2.45) is 0 Å². The van der Waals surface area contributed by atoms with Crippen LogP contribution in [0.1, 0.15) is 10.5 Å². The third kappa shape index (κ3) is 1.23. The molecule has 0 aromatic carbocycles. The van der Waals surface area contributed by atoms with Crippen molar-refractivity contribution in [2.75, 3.05) is 0 Å². The van der Waals surface area contributed by atoms with Crippen LogP contribution < -0.4 is 5.48 Å². The quantitative estimate of drug-likeness (QED) is 0.385. The van der Waals surface area contributed by atoms with E-state index < -0.39 is 5.91 Å². The molecule has 1 amide bonds. The number of carbonyl (C=O) groups is 1. The number of amides is 1. The SMILES string of the molecule is O=C(NO)c1cnncn1. The van der Waals surface area contributed by atoms with E-state index in [0.717, 1.165) is 12.5 Å². The van der Waals surface area contributed by atoms with E-state index in [1.54, 1.807) is 0 Å². The van der Waals surface area contributed by atoms with E-state index in [9.17, 15) is 4.79 Å². The molecule has 0 saturated carbocycles. The maximum absolute atomic E-state index is 10.5. The van der Waals surface area contributed by atoms with E-state index in [1.165, 1.54) is 5.48 Å². The van der Waals surface area contributed by atoms with Gasteiger partial charge in [-0.2, -0.15) is 5.10 Å². The molecule has 1 aromatic rings. The van der Waals surface area contributed by atoms with Gasteiger partial charge < -0.3 is 0 Å². The second-order valence-electron chi connectivity index (χ2n) is 1.43. The molecule has 6 heteroatoms. The predicted molar refractivity (Wildman–Crippen MR) is 29.1 cm³/mol. The van der Waals surface area contributed by atoms with E-state index in [2.05, 4.69) is 15.2 Å². The van der Waals surface area contributed by atoms with Crippen molar-refractivity contribution in [1.82, 2.24) is 20.7 Å². The van der Waals surface area contributed by atoms with Crippen molar-refractivity contribution in [3.63, 3.8) is 0 Å². The zero-order valence-corrected chi connectivity index (χ0v) is 4.85. The van der Waals surface area contributed by atoms with Crippen molar-refractivity contribution >= 4 is 5.91 Å². The Morgan fingerprint density at radius 2 is 2.40 bits per heavy atom. The number of hydroxylamine groups is 1. The van der Waals surface area contributed by atoms with Gasteiger partial charge in [0.05, 0.1) is 6.20 Å². The van der Waals surface area contributed by atoms with Gasteiger partial charge in [0, 0.05) is 0 Å². The van der Waals surface area contributed by atoms with Gasteiger partial charge in [-0.3, -0.25) is 10.0 Å². The van der Waals surface area contributed by atoms with E-state index >= 15 is 0 Å². The number of nitrogens with zero attached hydrogens (tertiary/aromatic N) is 3. The number of hydrogen-bond donors (Lipinski definition) is 2. The molecular formula is C4H4N4O2. The van der Waals surface area contributed by atoms with Gasteiger partial charge in [0.25, 0.3) is 5.91 Å². The van der Waals surface area contributed by atoms with Gasteiger partial charge in [0.15, 0.2) is 5.69 Å². The maximum Gasteiger partial charge on any atom is 0.294 e. The molecule has 6 nitrogen and oxygen atoms in total. The molecule has 0 spiro atoms. The van der Waals surface area contributed by atoms with Crippen LogP contribution in [0.15, 0.2) is 12.5 Å². The van der Waals surface area contributed by atoms with Crippen molar-refractivity contribution in [3.05, 3.63) is 18.2 Å². The highest BCUT2D eigenvalue weighted by Gasteiger charge is 2.03. The lowest BCUT2D eigenvalue weighted by Gasteiger charge is -1.92. The first kappa shape index (κ1) is 6.56. The normalized spacial score (nSPS) is 8.90. The minimum atomic E-state index is -0.699. The van der Waals surface area contributed by atoms with Crippen LogP contribution in [-0.4, -0.2) is 26.3 Å². The first-order valence-electron chi connectivity index (χ1n) is 2.41. The molecule has 1 heterocycles. The molecule has 0 fully saturated rings. The highest BCUT2D eigenvalue weighted by Crippen LogP contribution is 1.85. The molecule has 0 saturated heterocycles. The fourth-order valence-corrected chi connectivity index (χ4v) is 0.414. The topological polar surface area (TPSA) is 88.0 Å². The van der Waals surface area contributed by atoms with Gasteiger partial charge in [-0.05, 0) is 0 Å². The summed E-state index contributed by atoms with van der Waals surface area (Å²) in [7, 11) is 0. The van der Waals surface area contributed by atoms with E-state index in [4.69, 9.17) is 5.21 Å². The van der Waals surface area contributed by atoms with E-state index in [-0.39, 0.29) is 5.69 Å². The second-order valence-corrected chi connectivity index (χ2v) is 1.43. The van der Waals surface area contributed by atoms with Crippen molar-refractivity contribution in [1.29, 1.82) is 0 Å². The lowest BCUT2D eigenvalue weighted by atomic mass is 10.4. The van der Waals surface area contributed by atoms with Crippen molar-refractivity contribution in [2.45, 2.75) is 0 Å². The number of hydrogen-bond acceptors (Lipinski definition) is 5. The molecule has 1 rings (SSSR count). The van der Waals surface area contributed by atoms with Crippen LogP contribution in [0.2, 0.25) is 0 Å². The zero-order valence-electron chi connectivity index (χ0n) is 4.85. The van der Waals surface area contributed by atoms with Gasteiger partial charge in [-0.15, -0.1) is 5.10 Å². The van der Waals surface area contributed by atoms with Gasteiger partial charge in [0.2, 0.25) is 0 Å². The van der Waals surface area contributed by atoms with Crippen LogP contribution in [0.25, 0.3) is 0 Å². The number of rotatable bonds is 1. The largest absolute Gasteiger partial charge is 0.294 e. The Hall–Kier alpha value is -1.56. The molecule has 0 aliphatic heterocycles. The summed E-state index contributed by atoms with van der Waals surface area (Å²) in [5.41, 5.74) is 1.44. The highest BCUT2D eigenvalue weighted by atomic mass is 16.5. The Balaban J connectivity index is 2.85. The Labute approximate surface area is 55.9 Å². The van der Waals surface area contributed by atoms with E-state index in [0.29, 0.717) is 0 Å². The molecule has 0 atom stereocenters. The van der Waals surface area contributed by atoms with Crippen molar-refractivity contribution < 1.29 is 10.0 Å². The second kappa shape index (κ2) is 2.83. The molecular weight excluding hydrogens is 136 g/mol. The fourth-order valence-electron chi connectivity index (χ4n) is 0.414. The molecule has 0 radical (unpaired) electrons. The zero-order chi connectivity index (χ0) is 7.40. The van der Waals surface area contributed by atoms with Gasteiger partial charge in [0.1, 0.15) is 6.33 Å². The molecule has 10 heavy (non-hydrogen) atoms. The average molecular weight is 140 g/mol. The van der Waals surface area contributed by atoms with Crippen LogP contribution in [0.4, 0.5) is 0 Å². The Morgan fingerprint density at radius 3 is 2.90 bits per heavy atom. The van der Waals surface area contributed by atoms with Crippen LogP contribution in [0, 0.1) is 0 Å². The number of nitrogens with one attached hydrogen (secondary N) is 1. The summed E-state index contributed by atoms with van der Waals surface area (Å²) in [5, 5.41) is 14.8. The number of aromatic nitrogens is 3. The molecule has 0 aliphatic rings. The average Bonchev–Trinajstić information content (AvgIpc) is 2.05.